The normalized spacial score (nSPS) is 16.2. The number of halogens is 1. The molecule has 0 bridgehead atoms. The van der Waals surface area contributed by atoms with Crippen LogP contribution in [0, 0.1) is 5.95 Å². The Morgan fingerprint density at radius 2 is 2.25 bits per heavy atom. The van der Waals surface area contributed by atoms with Crippen LogP contribution >= 0.6 is 0 Å². The Labute approximate surface area is 71.0 Å². The highest BCUT2D eigenvalue weighted by atomic mass is 19.1. The van der Waals surface area contributed by atoms with Gasteiger partial charge in [0.15, 0.2) is 0 Å². The Kier molecular flexibility index (Phi) is 1.71. The van der Waals surface area contributed by atoms with Crippen LogP contribution in [0.1, 0.15) is 12.8 Å². The number of nitrogens with zero attached hydrogens (tertiary/aromatic N) is 2. The van der Waals surface area contributed by atoms with Gasteiger partial charge in [-0.2, -0.15) is 4.39 Å². The van der Waals surface area contributed by atoms with E-state index in [4.69, 9.17) is 0 Å². The van der Waals surface area contributed by atoms with Crippen molar-refractivity contribution in [3.63, 3.8) is 0 Å². The summed E-state index contributed by atoms with van der Waals surface area (Å²) >= 11 is 0. The summed E-state index contributed by atoms with van der Waals surface area (Å²) in [4.78, 5) is 5.82. The Morgan fingerprint density at radius 3 is 2.83 bits per heavy atom. The van der Waals surface area contributed by atoms with E-state index in [1.807, 2.05) is 18.0 Å². The molecule has 0 atom stereocenters. The van der Waals surface area contributed by atoms with E-state index >= 15 is 0 Å². The van der Waals surface area contributed by atoms with Crippen molar-refractivity contribution in [2.24, 2.45) is 0 Å². The SMILES string of the molecule is CN(c1cccc(F)n1)C1CC1. The van der Waals surface area contributed by atoms with E-state index in [1.165, 1.54) is 18.9 Å². The second-order valence-electron chi connectivity index (χ2n) is 3.16. The van der Waals surface area contributed by atoms with E-state index in [1.54, 1.807) is 6.07 Å². The van der Waals surface area contributed by atoms with E-state index in [0.717, 1.165) is 5.82 Å². The molecule has 1 aromatic heterocycles. The Morgan fingerprint density at radius 1 is 1.50 bits per heavy atom. The minimum atomic E-state index is -0.403. The third-order valence-corrected chi connectivity index (χ3v) is 2.16. The number of pyridine rings is 1. The van der Waals surface area contributed by atoms with Crippen molar-refractivity contribution in [2.75, 3.05) is 11.9 Å². The molecule has 0 N–H and O–H groups in total. The number of aromatic nitrogens is 1. The molecule has 2 nitrogen and oxygen atoms in total. The molecule has 0 saturated heterocycles. The zero-order valence-electron chi connectivity index (χ0n) is 7.00. The molecule has 1 aliphatic rings. The zero-order valence-corrected chi connectivity index (χ0v) is 7.00. The standard InChI is InChI=1S/C9H11FN2/c1-12(7-5-6-7)9-4-2-3-8(10)11-9/h2-4,7H,5-6H2,1H3. The first kappa shape index (κ1) is 7.53. The van der Waals surface area contributed by atoms with Crippen molar-refractivity contribution in [3.8, 4) is 0 Å². The molecule has 1 saturated carbocycles. The lowest BCUT2D eigenvalue weighted by Gasteiger charge is -2.16. The molecule has 1 fully saturated rings. The summed E-state index contributed by atoms with van der Waals surface area (Å²) in [5.74, 6) is 0.331. The maximum Gasteiger partial charge on any atom is 0.214 e. The van der Waals surface area contributed by atoms with Gasteiger partial charge in [0.25, 0.3) is 0 Å². The lowest BCUT2D eigenvalue weighted by Crippen LogP contribution is -2.20. The number of anilines is 1. The summed E-state index contributed by atoms with van der Waals surface area (Å²) in [5.41, 5.74) is 0. The van der Waals surface area contributed by atoms with E-state index in [9.17, 15) is 4.39 Å². The van der Waals surface area contributed by atoms with Gasteiger partial charge in [-0.05, 0) is 25.0 Å². The minimum absolute atomic E-state index is 0.403. The van der Waals surface area contributed by atoms with E-state index in [-0.39, 0.29) is 0 Å². The second-order valence-corrected chi connectivity index (χ2v) is 3.16. The number of hydrogen-bond acceptors (Lipinski definition) is 2. The monoisotopic (exact) mass is 166 g/mol. The van der Waals surface area contributed by atoms with Crippen LogP contribution in [0.15, 0.2) is 18.2 Å². The molecule has 0 amide bonds. The van der Waals surface area contributed by atoms with Gasteiger partial charge in [-0.3, -0.25) is 0 Å². The summed E-state index contributed by atoms with van der Waals surface area (Å²) in [7, 11) is 1.96. The summed E-state index contributed by atoms with van der Waals surface area (Å²) in [5, 5.41) is 0. The van der Waals surface area contributed by atoms with Crippen LogP contribution in [0.2, 0.25) is 0 Å². The highest BCUT2D eigenvalue weighted by Crippen LogP contribution is 2.28. The van der Waals surface area contributed by atoms with Gasteiger partial charge < -0.3 is 4.90 Å². The smallest absolute Gasteiger partial charge is 0.214 e. The molecule has 1 aromatic rings. The van der Waals surface area contributed by atoms with Crippen molar-refractivity contribution in [1.29, 1.82) is 0 Å². The third-order valence-electron chi connectivity index (χ3n) is 2.16. The van der Waals surface area contributed by atoms with Crippen molar-refractivity contribution in [3.05, 3.63) is 24.1 Å². The van der Waals surface area contributed by atoms with E-state index < -0.39 is 5.95 Å². The van der Waals surface area contributed by atoms with Crippen LogP contribution < -0.4 is 4.90 Å². The fourth-order valence-corrected chi connectivity index (χ4v) is 1.24. The summed E-state index contributed by atoms with van der Waals surface area (Å²) in [6.07, 6.45) is 2.41. The van der Waals surface area contributed by atoms with Gasteiger partial charge in [0.1, 0.15) is 5.82 Å². The van der Waals surface area contributed by atoms with Gasteiger partial charge in [-0.25, -0.2) is 4.98 Å². The molecule has 1 aliphatic carbocycles. The summed E-state index contributed by atoms with van der Waals surface area (Å²) in [6, 6.07) is 5.47. The maximum atomic E-state index is 12.7. The molecule has 0 radical (unpaired) electrons. The van der Waals surface area contributed by atoms with Gasteiger partial charge in [-0.1, -0.05) is 6.07 Å². The van der Waals surface area contributed by atoms with Crippen LogP contribution in [-0.4, -0.2) is 18.1 Å². The summed E-state index contributed by atoms with van der Waals surface area (Å²) < 4.78 is 12.7. The Hall–Kier alpha value is -1.12. The zero-order chi connectivity index (χ0) is 8.55. The number of rotatable bonds is 2. The predicted octanol–water partition coefficient (Wildman–Crippen LogP) is 1.82. The first-order valence-electron chi connectivity index (χ1n) is 4.13. The van der Waals surface area contributed by atoms with Crippen molar-refractivity contribution in [1.82, 2.24) is 4.98 Å². The highest BCUT2D eigenvalue weighted by molar-refractivity contribution is 5.39. The topological polar surface area (TPSA) is 16.1 Å². The molecule has 12 heavy (non-hydrogen) atoms. The first-order chi connectivity index (χ1) is 5.77. The largest absolute Gasteiger partial charge is 0.357 e. The molecule has 1 heterocycles. The molecule has 0 spiro atoms. The quantitative estimate of drug-likeness (QED) is 0.623. The first-order valence-corrected chi connectivity index (χ1v) is 4.13. The van der Waals surface area contributed by atoms with Crippen molar-refractivity contribution in [2.45, 2.75) is 18.9 Å². The average Bonchev–Trinajstić information content (AvgIpc) is 2.85. The van der Waals surface area contributed by atoms with Crippen molar-refractivity contribution < 1.29 is 4.39 Å². The van der Waals surface area contributed by atoms with E-state index in [2.05, 4.69) is 4.98 Å². The molecular formula is C9H11FN2. The van der Waals surface area contributed by atoms with Crippen LogP contribution in [0.3, 0.4) is 0 Å². The average molecular weight is 166 g/mol. The van der Waals surface area contributed by atoms with Gasteiger partial charge in [0.05, 0.1) is 0 Å². The molecular weight excluding hydrogens is 155 g/mol. The van der Waals surface area contributed by atoms with Crippen LogP contribution in [-0.2, 0) is 0 Å². The van der Waals surface area contributed by atoms with Gasteiger partial charge >= 0.3 is 0 Å². The molecule has 3 heteroatoms. The summed E-state index contributed by atoms with van der Waals surface area (Å²) in [6.45, 7) is 0. The molecule has 0 aliphatic heterocycles. The third kappa shape index (κ3) is 1.40. The Bertz CT molecular complexity index is 284. The van der Waals surface area contributed by atoms with Crippen LogP contribution in [0.4, 0.5) is 10.2 Å². The van der Waals surface area contributed by atoms with Gasteiger partial charge in [0.2, 0.25) is 5.95 Å². The lowest BCUT2D eigenvalue weighted by atomic mass is 10.4. The molecule has 64 valence electrons. The lowest BCUT2D eigenvalue weighted by molar-refractivity contribution is 0.582. The van der Waals surface area contributed by atoms with Gasteiger partial charge in [-0.15, -0.1) is 0 Å². The molecule has 0 aromatic carbocycles. The Balaban J connectivity index is 2.20. The maximum absolute atomic E-state index is 12.7. The van der Waals surface area contributed by atoms with E-state index in [0.29, 0.717) is 6.04 Å². The minimum Gasteiger partial charge on any atom is -0.357 e. The second kappa shape index (κ2) is 2.73. The fourth-order valence-electron chi connectivity index (χ4n) is 1.24. The highest BCUT2D eigenvalue weighted by Gasteiger charge is 2.26. The fraction of sp³-hybridized carbons (Fsp3) is 0.444. The molecule has 2 rings (SSSR count). The number of hydrogen-bond donors (Lipinski definition) is 0. The van der Waals surface area contributed by atoms with Crippen LogP contribution in [0.5, 0.6) is 0 Å². The van der Waals surface area contributed by atoms with Gasteiger partial charge in [0, 0.05) is 13.1 Å². The predicted molar refractivity (Wildman–Crippen MR) is 45.6 cm³/mol. The van der Waals surface area contributed by atoms with Crippen LogP contribution in [0.25, 0.3) is 0 Å². The molecule has 0 unspecified atom stereocenters. The van der Waals surface area contributed by atoms with Crippen molar-refractivity contribution >= 4 is 5.82 Å².